The van der Waals surface area contributed by atoms with Crippen LogP contribution in [0.2, 0.25) is 0 Å². The predicted octanol–water partition coefficient (Wildman–Crippen LogP) is 1.18. The number of aliphatic hydroxyl groups is 1. The molecule has 5 nitrogen and oxygen atoms in total. The van der Waals surface area contributed by atoms with Crippen LogP contribution in [0.5, 0.6) is 0 Å². The van der Waals surface area contributed by atoms with Crippen LogP contribution in [0.3, 0.4) is 0 Å². The molecule has 0 amide bonds. The Kier molecular flexibility index (Phi) is 4.25. The second kappa shape index (κ2) is 5.03. The summed E-state index contributed by atoms with van der Waals surface area (Å²) in [5.74, 6) is 0. The molecule has 6 heteroatoms. The number of hydrogen-bond donors (Lipinski definition) is 1. The molecule has 0 radical (unpaired) electrons. The quantitative estimate of drug-likeness (QED) is 0.897. The lowest BCUT2D eigenvalue weighted by atomic mass is 9.97. The van der Waals surface area contributed by atoms with Crippen molar-refractivity contribution in [2.24, 2.45) is 12.5 Å². The van der Waals surface area contributed by atoms with Crippen LogP contribution in [0, 0.1) is 5.41 Å². The van der Waals surface area contributed by atoms with Gasteiger partial charge < -0.3 is 9.67 Å². The van der Waals surface area contributed by atoms with E-state index in [0.717, 1.165) is 0 Å². The largest absolute Gasteiger partial charge is 0.390 e. The molecule has 104 valence electrons. The van der Waals surface area contributed by atoms with Crippen molar-refractivity contribution in [1.82, 2.24) is 8.87 Å². The molecule has 1 N–H and O–H groups in total. The van der Waals surface area contributed by atoms with Crippen LogP contribution >= 0.6 is 0 Å². The van der Waals surface area contributed by atoms with E-state index in [1.165, 1.54) is 16.6 Å². The zero-order valence-electron chi connectivity index (χ0n) is 11.6. The molecule has 1 heterocycles. The van der Waals surface area contributed by atoms with Crippen molar-refractivity contribution in [3.8, 4) is 0 Å². The summed E-state index contributed by atoms with van der Waals surface area (Å²) < 4.78 is 27.6. The number of nitrogens with zero attached hydrogens (tertiary/aromatic N) is 2. The lowest BCUT2D eigenvalue weighted by molar-refractivity contribution is 0.272. The standard InChI is InChI=1S/C12H22N2O3S/c1-12(2,3)9-14(5)18(16,17)11-6-10(8-15)13(4)7-11/h6-7,15H,8-9H2,1-5H3. The number of aromatic nitrogens is 1. The molecule has 0 saturated heterocycles. The van der Waals surface area contributed by atoms with Crippen molar-refractivity contribution < 1.29 is 13.5 Å². The van der Waals surface area contributed by atoms with E-state index in [-0.39, 0.29) is 16.9 Å². The number of sulfonamides is 1. The minimum Gasteiger partial charge on any atom is -0.390 e. The SMILES string of the molecule is CN(CC(C)(C)C)S(=O)(=O)c1cc(CO)n(C)c1. The molecule has 0 aliphatic rings. The summed E-state index contributed by atoms with van der Waals surface area (Å²) in [4.78, 5) is 0.223. The first kappa shape index (κ1) is 15.2. The van der Waals surface area contributed by atoms with E-state index in [9.17, 15) is 8.42 Å². The summed E-state index contributed by atoms with van der Waals surface area (Å²) in [6.45, 7) is 6.24. The predicted molar refractivity (Wildman–Crippen MR) is 70.6 cm³/mol. The maximum Gasteiger partial charge on any atom is 0.244 e. The van der Waals surface area contributed by atoms with Gasteiger partial charge in [0.15, 0.2) is 0 Å². The van der Waals surface area contributed by atoms with E-state index in [2.05, 4.69) is 0 Å². The molecule has 1 aromatic heterocycles. The zero-order valence-corrected chi connectivity index (χ0v) is 12.5. The second-order valence-corrected chi connectivity index (χ2v) is 7.80. The van der Waals surface area contributed by atoms with E-state index in [1.54, 1.807) is 18.7 Å². The molecule has 0 saturated carbocycles. The molecule has 0 unspecified atom stereocenters. The minimum atomic E-state index is -3.48. The van der Waals surface area contributed by atoms with Crippen molar-refractivity contribution in [3.05, 3.63) is 18.0 Å². The van der Waals surface area contributed by atoms with E-state index < -0.39 is 10.0 Å². The molecular weight excluding hydrogens is 252 g/mol. The van der Waals surface area contributed by atoms with Crippen LogP contribution in [0.1, 0.15) is 26.5 Å². The number of aryl methyl sites for hydroxylation is 1. The lowest BCUT2D eigenvalue weighted by Crippen LogP contribution is -2.34. The number of hydrogen-bond acceptors (Lipinski definition) is 3. The summed E-state index contributed by atoms with van der Waals surface area (Å²) in [5, 5.41) is 9.09. The van der Waals surface area contributed by atoms with Gasteiger partial charge in [0, 0.05) is 32.5 Å². The summed E-state index contributed by atoms with van der Waals surface area (Å²) >= 11 is 0. The Labute approximate surface area is 109 Å². The van der Waals surface area contributed by atoms with Gasteiger partial charge in [0.25, 0.3) is 0 Å². The van der Waals surface area contributed by atoms with Gasteiger partial charge in [0.1, 0.15) is 4.90 Å². The summed E-state index contributed by atoms with van der Waals surface area (Å²) in [5.41, 5.74) is 0.480. The first-order valence-electron chi connectivity index (χ1n) is 5.80. The molecule has 0 bridgehead atoms. The van der Waals surface area contributed by atoms with Gasteiger partial charge in [-0.15, -0.1) is 0 Å². The van der Waals surface area contributed by atoms with Crippen molar-refractivity contribution in [1.29, 1.82) is 0 Å². The Morgan fingerprint density at radius 2 is 1.94 bits per heavy atom. The Morgan fingerprint density at radius 3 is 2.33 bits per heavy atom. The highest BCUT2D eigenvalue weighted by atomic mass is 32.2. The summed E-state index contributed by atoms with van der Waals surface area (Å²) in [6.07, 6.45) is 1.53. The monoisotopic (exact) mass is 274 g/mol. The third-order valence-electron chi connectivity index (χ3n) is 2.65. The highest BCUT2D eigenvalue weighted by molar-refractivity contribution is 7.89. The maximum atomic E-state index is 12.3. The molecule has 0 aliphatic carbocycles. The first-order valence-corrected chi connectivity index (χ1v) is 7.24. The van der Waals surface area contributed by atoms with Crippen LogP contribution < -0.4 is 0 Å². The van der Waals surface area contributed by atoms with Crippen LogP contribution in [-0.4, -0.2) is 36.0 Å². The van der Waals surface area contributed by atoms with Crippen molar-refractivity contribution in [2.45, 2.75) is 32.3 Å². The minimum absolute atomic E-state index is 0.101. The zero-order chi connectivity index (χ0) is 14.1. The smallest absolute Gasteiger partial charge is 0.244 e. The van der Waals surface area contributed by atoms with Crippen molar-refractivity contribution in [3.63, 3.8) is 0 Å². The van der Waals surface area contributed by atoms with Crippen molar-refractivity contribution >= 4 is 10.0 Å². The Hall–Kier alpha value is -0.850. The third kappa shape index (κ3) is 3.34. The highest BCUT2D eigenvalue weighted by Gasteiger charge is 2.26. The Balaban J connectivity index is 3.05. The molecule has 0 aliphatic heterocycles. The van der Waals surface area contributed by atoms with Crippen molar-refractivity contribution in [2.75, 3.05) is 13.6 Å². The molecule has 0 aromatic carbocycles. The Morgan fingerprint density at radius 1 is 1.39 bits per heavy atom. The molecule has 0 fully saturated rings. The van der Waals surface area contributed by atoms with E-state index in [1.807, 2.05) is 20.8 Å². The lowest BCUT2D eigenvalue weighted by Gasteiger charge is -2.25. The first-order chi connectivity index (χ1) is 8.08. The van der Waals surface area contributed by atoms with Gasteiger partial charge in [0.2, 0.25) is 10.0 Å². The fourth-order valence-electron chi connectivity index (χ4n) is 1.81. The van der Waals surface area contributed by atoms with Gasteiger partial charge in [-0.25, -0.2) is 12.7 Å². The summed E-state index contributed by atoms with van der Waals surface area (Å²) in [6, 6.07) is 1.51. The number of rotatable bonds is 4. The molecule has 1 aromatic rings. The van der Waals surface area contributed by atoms with Gasteiger partial charge in [0.05, 0.1) is 6.61 Å². The van der Waals surface area contributed by atoms with Crippen LogP contribution in [0.15, 0.2) is 17.2 Å². The number of aliphatic hydroxyl groups excluding tert-OH is 1. The van der Waals surface area contributed by atoms with Gasteiger partial charge in [-0.05, 0) is 11.5 Å². The van der Waals surface area contributed by atoms with Gasteiger partial charge >= 0.3 is 0 Å². The average Bonchev–Trinajstić information content (AvgIpc) is 2.57. The average molecular weight is 274 g/mol. The highest BCUT2D eigenvalue weighted by Crippen LogP contribution is 2.22. The fourth-order valence-corrected chi connectivity index (χ4v) is 3.30. The Bertz CT molecular complexity index is 512. The third-order valence-corrected chi connectivity index (χ3v) is 4.42. The van der Waals surface area contributed by atoms with Gasteiger partial charge in [-0.3, -0.25) is 0 Å². The van der Waals surface area contributed by atoms with Gasteiger partial charge in [-0.2, -0.15) is 0 Å². The summed E-state index contributed by atoms with van der Waals surface area (Å²) in [7, 11) is -0.190. The molecular formula is C12H22N2O3S. The molecule has 1 rings (SSSR count). The fraction of sp³-hybridized carbons (Fsp3) is 0.667. The topological polar surface area (TPSA) is 62.5 Å². The van der Waals surface area contributed by atoms with E-state index in [4.69, 9.17) is 5.11 Å². The van der Waals surface area contributed by atoms with Crippen LogP contribution in [0.25, 0.3) is 0 Å². The van der Waals surface area contributed by atoms with Crippen LogP contribution in [-0.2, 0) is 23.7 Å². The van der Waals surface area contributed by atoms with Crippen LogP contribution in [0.4, 0.5) is 0 Å². The van der Waals surface area contributed by atoms with E-state index in [0.29, 0.717) is 12.2 Å². The molecule has 18 heavy (non-hydrogen) atoms. The maximum absolute atomic E-state index is 12.3. The van der Waals surface area contributed by atoms with E-state index >= 15 is 0 Å². The normalized spacial score (nSPS) is 13.3. The van der Waals surface area contributed by atoms with Gasteiger partial charge in [-0.1, -0.05) is 20.8 Å². The second-order valence-electron chi connectivity index (χ2n) is 5.76. The molecule has 0 atom stereocenters. The molecule has 0 spiro atoms.